The van der Waals surface area contributed by atoms with Crippen LogP contribution in [-0.4, -0.2) is 27.2 Å². The predicted molar refractivity (Wildman–Crippen MR) is 106 cm³/mol. The van der Waals surface area contributed by atoms with Crippen molar-refractivity contribution in [3.05, 3.63) is 47.0 Å². The Labute approximate surface area is 159 Å². The number of benzene rings is 1. The summed E-state index contributed by atoms with van der Waals surface area (Å²) in [5, 5.41) is 4.30. The molecule has 0 spiro atoms. The minimum Gasteiger partial charge on any atom is -0.488 e. The first-order valence-electron chi connectivity index (χ1n) is 7.88. The lowest BCUT2D eigenvalue weighted by Gasteiger charge is -2.13. The molecule has 1 N–H and O–H groups in total. The summed E-state index contributed by atoms with van der Waals surface area (Å²) in [6.07, 6.45) is 7.27. The first-order chi connectivity index (χ1) is 12.1. The van der Waals surface area contributed by atoms with Crippen LogP contribution in [0.5, 0.6) is 5.75 Å². The number of nitrogens with zero attached hydrogens (tertiary/aromatic N) is 3. The predicted octanol–water partition coefficient (Wildman–Crippen LogP) is 4.91. The Balaban J connectivity index is 1.85. The molecule has 0 radical (unpaired) electrons. The molecule has 0 aliphatic carbocycles. The molecular weight excluding hydrogens is 400 g/mol. The highest BCUT2D eigenvalue weighted by Gasteiger charge is 2.10. The third-order valence-corrected chi connectivity index (χ3v) is 4.83. The van der Waals surface area contributed by atoms with Crippen molar-refractivity contribution in [2.75, 3.05) is 11.6 Å². The minimum absolute atomic E-state index is 0.295. The van der Waals surface area contributed by atoms with Crippen molar-refractivity contribution in [3.63, 3.8) is 0 Å². The fourth-order valence-electron chi connectivity index (χ4n) is 2.37. The molecular formula is C18H19BrN4OS. The van der Waals surface area contributed by atoms with Gasteiger partial charge in [-0.3, -0.25) is 4.98 Å². The molecule has 3 rings (SSSR count). The lowest BCUT2D eigenvalue weighted by molar-refractivity contribution is 0.304. The molecule has 0 fully saturated rings. The molecule has 0 aliphatic rings. The van der Waals surface area contributed by atoms with Crippen LogP contribution in [0.2, 0.25) is 0 Å². The summed E-state index contributed by atoms with van der Waals surface area (Å²) < 4.78 is 6.85. The number of hydrogen-bond donors (Lipinski definition) is 1. The molecule has 2 heterocycles. The highest BCUT2D eigenvalue weighted by atomic mass is 79.9. The molecule has 7 heteroatoms. The quantitative estimate of drug-likeness (QED) is 0.573. The first kappa shape index (κ1) is 17.9. The number of pyridine rings is 1. The van der Waals surface area contributed by atoms with E-state index in [2.05, 4.69) is 56.1 Å². The minimum atomic E-state index is 0.295. The van der Waals surface area contributed by atoms with Crippen LogP contribution < -0.4 is 10.1 Å². The van der Waals surface area contributed by atoms with E-state index in [4.69, 9.17) is 4.74 Å². The van der Waals surface area contributed by atoms with Crippen LogP contribution in [-0.2, 0) is 6.61 Å². The average Bonchev–Trinajstić information content (AvgIpc) is 2.60. The highest BCUT2D eigenvalue weighted by Crippen LogP contribution is 2.32. The van der Waals surface area contributed by atoms with E-state index in [9.17, 15) is 0 Å². The second-order valence-corrected chi connectivity index (χ2v) is 7.58. The van der Waals surface area contributed by atoms with Gasteiger partial charge in [-0.1, -0.05) is 0 Å². The fraction of sp³-hybridized carbons (Fsp3) is 0.278. The molecule has 3 aromatic rings. The van der Waals surface area contributed by atoms with Crippen molar-refractivity contribution in [1.29, 1.82) is 0 Å². The van der Waals surface area contributed by atoms with Gasteiger partial charge in [-0.2, -0.15) is 0 Å². The molecule has 130 valence electrons. The molecule has 0 unspecified atom stereocenters. The molecule has 1 aromatic carbocycles. The Morgan fingerprint density at radius 3 is 2.80 bits per heavy atom. The molecule has 0 atom stereocenters. The lowest BCUT2D eigenvalue weighted by atomic mass is 10.2. The SMILES string of the molecule is CSc1cncc(COc2cc3ncnc(NC(C)C)c3cc2Br)c1. The zero-order valence-corrected chi connectivity index (χ0v) is 16.7. The maximum atomic E-state index is 5.97. The van der Waals surface area contributed by atoms with E-state index < -0.39 is 0 Å². The monoisotopic (exact) mass is 418 g/mol. The van der Waals surface area contributed by atoms with Gasteiger partial charge in [0.05, 0.1) is 9.99 Å². The average molecular weight is 419 g/mol. The summed E-state index contributed by atoms with van der Waals surface area (Å²) in [5.41, 5.74) is 1.87. The topological polar surface area (TPSA) is 59.9 Å². The van der Waals surface area contributed by atoms with Gasteiger partial charge in [0, 0.05) is 40.3 Å². The van der Waals surface area contributed by atoms with Crippen LogP contribution in [0.4, 0.5) is 5.82 Å². The van der Waals surface area contributed by atoms with E-state index in [0.29, 0.717) is 12.6 Å². The van der Waals surface area contributed by atoms with Crippen LogP contribution >= 0.6 is 27.7 Å². The molecule has 0 bridgehead atoms. The van der Waals surface area contributed by atoms with Crippen molar-refractivity contribution < 1.29 is 4.74 Å². The van der Waals surface area contributed by atoms with Crippen molar-refractivity contribution >= 4 is 44.4 Å². The van der Waals surface area contributed by atoms with Gasteiger partial charge in [-0.15, -0.1) is 11.8 Å². The normalized spacial score (nSPS) is 11.1. The van der Waals surface area contributed by atoms with Crippen LogP contribution in [0.25, 0.3) is 10.9 Å². The highest BCUT2D eigenvalue weighted by molar-refractivity contribution is 9.10. The Morgan fingerprint density at radius 2 is 2.04 bits per heavy atom. The molecule has 0 saturated carbocycles. The Bertz CT molecular complexity index is 888. The first-order valence-corrected chi connectivity index (χ1v) is 9.90. The number of anilines is 1. The molecule has 2 aromatic heterocycles. The number of aromatic nitrogens is 3. The second-order valence-electron chi connectivity index (χ2n) is 5.84. The van der Waals surface area contributed by atoms with Gasteiger partial charge in [0.25, 0.3) is 0 Å². The van der Waals surface area contributed by atoms with Gasteiger partial charge in [-0.25, -0.2) is 9.97 Å². The smallest absolute Gasteiger partial charge is 0.137 e. The Hall–Kier alpha value is -1.86. The van der Waals surface area contributed by atoms with Gasteiger partial charge in [0.1, 0.15) is 24.5 Å². The number of hydrogen-bond acceptors (Lipinski definition) is 6. The Morgan fingerprint density at radius 1 is 1.20 bits per heavy atom. The van der Waals surface area contributed by atoms with Crippen LogP contribution in [0.1, 0.15) is 19.4 Å². The summed E-state index contributed by atoms with van der Waals surface area (Å²) in [4.78, 5) is 14.1. The lowest BCUT2D eigenvalue weighted by Crippen LogP contribution is -2.11. The number of ether oxygens (including phenoxy) is 1. The molecule has 25 heavy (non-hydrogen) atoms. The van der Waals surface area contributed by atoms with Crippen LogP contribution in [0.3, 0.4) is 0 Å². The number of rotatable bonds is 6. The maximum absolute atomic E-state index is 5.97. The number of thioether (sulfide) groups is 1. The van der Waals surface area contributed by atoms with E-state index >= 15 is 0 Å². The van der Waals surface area contributed by atoms with E-state index in [1.54, 1.807) is 18.1 Å². The summed E-state index contributed by atoms with van der Waals surface area (Å²) in [6, 6.07) is 6.30. The third-order valence-electron chi connectivity index (χ3n) is 3.51. The third kappa shape index (κ3) is 4.41. The largest absolute Gasteiger partial charge is 0.488 e. The number of nitrogens with one attached hydrogen (secondary N) is 1. The van der Waals surface area contributed by atoms with E-state index in [-0.39, 0.29) is 0 Å². The van der Waals surface area contributed by atoms with Gasteiger partial charge >= 0.3 is 0 Å². The van der Waals surface area contributed by atoms with Crippen LogP contribution in [0.15, 0.2) is 46.3 Å². The maximum Gasteiger partial charge on any atom is 0.137 e. The van der Waals surface area contributed by atoms with E-state index in [1.165, 1.54) is 0 Å². The molecule has 0 aliphatic heterocycles. The van der Waals surface area contributed by atoms with Gasteiger partial charge in [-0.05, 0) is 48.2 Å². The van der Waals surface area contributed by atoms with Crippen molar-refractivity contribution in [2.24, 2.45) is 0 Å². The molecule has 0 amide bonds. The molecule has 0 saturated heterocycles. The summed E-state index contributed by atoms with van der Waals surface area (Å²) in [6.45, 7) is 4.61. The van der Waals surface area contributed by atoms with Crippen molar-refractivity contribution in [1.82, 2.24) is 15.0 Å². The van der Waals surface area contributed by atoms with Crippen molar-refractivity contribution in [2.45, 2.75) is 31.4 Å². The van der Waals surface area contributed by atoms with Gasteiger partial charge in [0.15, 0.2) is 0 Å². The van der Waals surface area contributed by atoms with Crippen molar-refractivity contribution in [3.8, 4) is 5.75 Å². The van der Waals surface area contributed by atoms with E-state index in [0.717, 1.165) is 37.4 Å². The second kappa shape index (κ2) is 8.01. The number of fused-ring (bicyclic) bond motifs is 1. The van der Waals surface area contributed by atoms with Gasteiger partial charge < -0.3 is 10.1 Å². The Kier molecular flexibility index (Phi) is 5.75. The summed E-state index contributed by atoms with van der Waals surface area (Å²) in [7, 11) is 0. The zero-order chi connectivity index (χ0) is 17.8. The van der Waals surface area contributed by atoms with E-state index in [1.807, 2.05) is 30.8 Å². The fourth-order valence-corrected chi connectivity index (χ4v) is 3.27. The van der Waals surface area contributed by atoms with Crippen LogP contribution in [0, 0.1) is 0 Å². The standard InChI is InChI=1S/C18H19BrN4OS/c1-11(2)23-18-14-5-15(19)17(6-16(14)21-10-22-18)24-9-12-4-13(25-3)8-20-7-12/h4-8,10-11H,9H2,1-3H3,(H,21,22,23). The molecule has 5 nitrogen and oxygen atoms in total. The zero-order valence-electron chi connectivity index (χ0n) is 14.3. The summed E-state index contributed by atoms with van der Waals surface area (Å²) in [5.74, 6) is 1.57. The van der Waals surface area contributed by atoms with Gasteiger partial charge in [0.2, 0.25) is 0 Å². The number of halogens is 1. The summed E-state index contributed by atoms with van der Waals surface area (Å²) >= 11 is 5.26.